The van der Waals surface area contributed by atoms with Crippen molar-refractivity contribution < 1.29 is 44.2 Å². The molecular formula is C19H31BrN2O5S. The number of halogens is 1. The average Bonchev–Trinajstić information content (AvgIpc) is 3.01. The zero-order chi connectivity index (χ0) is 20.3. The minimum atomic E-state index is -3.60. The number of rotatable bonds is 5. The summed E-state index contributed by atoms with van der Waals surface area (Å²) in [7, 11) is 1.45. The van der Waals surface area contributed by atoms with Crippen LogP contribution in [0.15, 0.2) is 12.2 Å². The molecule has 160 valence electrons. The zero-order valence-electron chi connectivity index (χ0n) is 17.3. The predicted molar refractivity (Wildman–Crippen MR) is 101 cm³/mol. The van der Waals surface area contributed by atoms with E-state index >= 15 is 0 Å². The number of hydrogen-bond donors (Lipinski definition) is 0. The van der Waals surface area contributed by atoms with Gasteiger partial charge in [-0.15, -0.1) is 0 Å². The lowest BCUT2D eigenvalue weighted by Gasteiger charge is -2.36. The fraction of sp³-hybridized carbons (Fsp3) is 0.789. The number of nitrogens with zero attached hydrogens (tertiary/aromatic N) is 2. The van der Waals surface area contributed by atoms with E-state index in [1.54, 1.807) is 6.08 Å². The van der Waals surface area contributed by atoms with Crippen LogP contribution in [0.2, 0.25) is 0 Å². The Morgan fingerprint density at radius 1 is 1.29 bits per heavy atom. The van der Waals surface area contributed by atoms with Crippen molar-refractivity contribution in [1.82, 2.24) is 4.31 Å². The third kappa shape index (κ3) is 3.54. The SMILES string of the molecule is COC(=O)C[N+](C)(C)C/C=C/C(=O)N1[C@H]2C[C@@H]3CC[C@@]2(CS1(=O)=O)C3(C)C.[Br-]. The number of sulfonamides is 1. The molecule has 1 aliphatic heterocycles. The predicted octanol–water partition coefficient (Wildman–Crippen LogP) is -1.84. The Labute approximate surface area is 178 Å². The zero-order valence-corrected chi connectivity index (χ0v) is 19.7. The van der Waals surface area contributed by atoms with Crippen LogP contribution in [0.1, 0.15) is 33.1 Å². The Kier molecular flexibility index (Phi) is 6.17. The number of ether oxygens (including phenoxy) is 1. The molecule has 0 aromatic heterocycles. The number of fused-ring (bicyclic) bond motifs is 1. The molecule has 0 radical (unpaired) electrons. The van der Waals surface area contributed by atoms with Crippen LogP contribution in [0, 0.1) is 16.7 Å². The van der Waals surface area contributed by atoms with E-state index in [1.807, 2.05) is 14.1 Å². The molecule has 2 bridgehead atoms. The Balaban J connectivity index is 0.00000280. The molecule has 1 amide bonds. The number of quaternary nitrogens is 1. The molecule has 0 aromatic carbocycles. The van der Waals surface area contributed by atoms with Crippen molar-refractivity contribution >= 4 is 21.9 Å². The molecule has 0 unspecified atom stereocenters. The molecule has 3 rings (SSSR count). The quantitative estimate of drug-likeness (QED) is 0.263. The van der Waals surface area contributed by atoms with E-state index < -0.39 is 15.9 Å². The molecule has 0 N–H and O–H groups in total. The van der Waals surface area contributed by atoms with Gasteiger partial charge in [0, 0.05) is 11.5 Å². The number of likely N-dealkylation sites (N-methyl/N-ethyl adjacent to an activating group) is 1. The molecule has 9 heteroatoms. The summed E-state index contributed by atoms with van der Waals surface area (Å²) in [6, 6.07) is -0.217. The van der Waals surface area contributed by atoms with Crippen molar-refractivity contribution in [3.05, 3.63) is 12.2 Å². The Morgan fingerprint density at radius 3 is 2.50 bits per heavy atom. The van der Waals surface area contributed by atoms with Crippen molar-refractivity contribution in [3.63, 3.8) is 0 Å². The van der Waals surface area contributed by atoms with E-state index in [2.05, 4.69) is 18.6 Å². The largest absolute Gasteiger partial charge is 1.00 e. The summed E-state index contributed by atoms with van der Waals surface area (Å²) in [5.41, 5.74) is -0.358. The van der Waals surface area contributed by atoms with Crippen LogP contribution in [0.5, 0.6) is 0 Å². The fourth-order valence-electron chi connectivity index (χ4n) is 5.57. The number of carbonyl (C=O) groups is 2. The van der Waals surface area contributed by atoms with Gasteiger partial charge in [0.2, 0.25) is 10.0 Å². The third-order valence-corrected chi connectivity index (χ3v) is 9.19. The minimum Gasteiger partial charge on any atom is -1.00 e. The van der Waals surface area contributed by atoms with E-state index in [4.69, 9.17) is 0 Å². The van der Waals surface area contributed by atoms with Gasteiger partial charge in [-0.05, 0) is 36.7 Å². The molecule has 7 nitrogen and oxygen atoms in total. The van der Waals surface area contributed by atoms with Gasteiger partial charge in [-0.2, -0.15) is 0 Å². The van der Waals surface area contributed by atoms with Gasteiger partial charge in [0.15, 0.2) is 6.54 Å². The first-order chi connectivity index (χ1) is 12.4. The summed E-state index contributed by atoms with van der Waals surface area (Å²) in [6.45, 7) is 4.94. The van der Waals surface area contributed by atoms with Gasteiger partial charge >= 0.3 is 5.97 Å². The maximum absolute atomic E-state index is 12.8. The van der Waals surface area contributed by atoms with Crippen LogP contribution in [0.3, 0.4) is 0 Å². The van der Waals surface area contributed by atoms with Gasteiger partial charge < -0.3 is 26.2 Å². The van der Waals surface area contributed by atoms with Crippen molar-refractivity contribution in [2.45, 2.75) is 39.2 Å². The smallest absolute Gasteiger partial charge is 0.361 e. The molecule has 2 aliphatic carbocycles. The highest BCUT2D eigenvalue weighted by Crippen LogP contribution is 2.69. The Hall–Kier alpha value is -0.930. The molecule has 2 saturated carbocycles. The van der Waals surface area contributed by atoms with E-state index in [0.717, 1.165) is 23.6 Å². The first-order valence-electron chi connectivity index (χ1n) is 9.48. The lowest BCUT2D eigenvalue weighted by molar-refractivity contribution is -0.877. The van der Waals surface area contributed by atoms with Crippen molar-refractivity contribution in [2.24, 2.45) is 16.7 Å². The van der Waals surface area contributed by atoms with E-state index in [9.17, 15) is 18.0 Å². The lowest BCUT2D eigenvalue weighted by atomic mass is 9.69. The topological polar surface area (TPSA) is 80.8 Å². The van der Waals surface area contributed by atoms with Crippen molar-refractivity contribution in [2.75, 3.05) is 40.0 Å². The van der Waals surface area contributed by atoms with Gasteiger partial charge in [0.1, 0.15) is 0 Å². The van der Waals surface area contributed by atoms with Crippen molar-refractivity contribution in [1.29, 1.82) is 0 Å². The second-order valence-corrected chi connectivity index (χ2v) is 11.4. The van der Waals surface area contributed by atoms with E-state index in [1.165, 1.54) is 13.2 Å². The third-order valence-electron chi connectivity index (χ3n) is 7.27. The molecular weight excluding hydrogens is 448 g/mol. The monoisotopic (exact) mass is 478 g/mol. The lowest BCUT2D eigenvalue weighted by Crippen LogP contribution is -3.00. The first-order valence-corrected chi connectivity index (χ1v) is 11.1. The highest BCUT2D eigenvalue weighted by atomic mass is 79.9. The van der Waals surface area contributed by atoms with Crippen LogP contribution in [-0.2, 0) is 24.3 Å². The first kappa shape index (κ1) is 23.3. The molecule has 3 fully saturated rings. The molecule has 3 atom stereocenters. The summed E-state index contributed by atoms with van der Waals surface area (Å²) in [5, 5.41) is 0. The molecule has 1 spiro atoms. The van der Waals surface area contributed by atoms with Gasteiger partial charge in [0.05, 0.1) is 39.5 Å². The van der Waals surface area contributed by atoms with Gasteiger partial charge in [0.25, 0.3) is 5.91 Å². The second-order valence-electron chi connectivity index (χ2n) is 9.51. The highest BCUT2D eigenvalue weighted by molar-refractivity contribution is 7.90. The molecule has 0 aromatic rings. The number of hydrogen-bond acceptors (Lipinski definition) is 5. The molecule has 1 saturated heterocycles. The maximum atomic E-state index is 12.8. The van der Waals surface area contributed by atoms with Crippen LogP contribution < -0.4 is 17.0 Å². The summed E-state index contributed by atoms with van der Waals surface area (Å²) in [4.78, 5) is 24.3. The van der Waals surface area contributed by atoms with Crippen LogP contribution >= 0.6 is 0 Å². The normalized spacial score (nSPS) is 32.2. The Bertz CT molecular complexity index is 792. The molecule has 3 aliphatic rings. The summed E-state index contributed by atoms with van der Waals surface area (Å²) in [6.07, 6.45) is 5.72. The number of carbonyl (C=O) groups excluding carboxylic acids is 2. The van der Waals surface area contributed by atoms with Crippen LogP contribution in [-0.4, -0.2) is 75.2 Å². The number of esters is 1. The van der Waals surface area contributed by atoms with Crippen LogP contribution in [0.25, 0.3) is 0 Å². The van der Waals surface area contributed by atoms with Crippen LogP contribution in [0.4, 0.5) is 0 Å². The summed E-state index contributed by atoms with van der Waals surface area (Å²) in [5.74, 6) is -0.225. The van der Waals surface area contributed by atoms with E-state index in [-0.39, 0.29) is 52.1 Å². The second kappa shape index (κ2) is 7.40. The standard InChI is InChI=1S/C19H31N2O5S.BrH/c1-18(2)14-8-9-19(18)13-27(24,25)20(15(19)11-14)16(22)7-6-10-21(3,4)12-17(23)26-5;/h6-7,14-15H,8-13H2,1-5H3;1H/q+1;/p-1/b7-6+;/t14-,15-,19-;/m0./s1. The molecule has 28 heavy (non-hydrogen) atoms. The molecule has 1 heterocycles. The average molecular weight is 479 g/mol. The van der Waals surface area contributed by atoms with Gasteiger partial charge in [-0.25, -0.2) is 17.5 Å². The van der Waals surface area contributed by atoms with E-state index in [0.29, 0.717) is 16.9 Å². The summed E-state index contributed by atoms with van der Waals surface area (Å²) < 4.78 is 31.8. The number of amides is 1. The summed E-state index contributed by atoms with van der Waals surface area (Å²) >= 11 is 0. The van der Waals surface area contributed by atoms with Gasteiger partial charge in [-0.3, -0.25) is 4.79 Å². The maximum Gasteiger partial charge on any atom is 0.361 e. The van der Waals surface area contributed by atoms with Crippen molar-refractivity contribution in [3.8, 4) is 0 Å². The number of methoxy groups -OCH3 is 1. The minimum absolute atomic E-state index is 0. The Morgan fingerprint density at radius 2 is 1.93 bits per heavy atom. The van der Waals surface area contributed by atoms with Gasteiger partial charge in [-0.1, -0.05) is 13.8 Å². The fourth-order valence-corrected chi connectivity index (χ4v) is 8.08. The highest BCUT2D eigenvalue weighted by Gasteiger charge is 2.72.